The molecule has 0 bridgehead atoms. The SMILES string of the molecule is Cc1ccc(S(=O)(=O)n2ccc3c(NC4CC(NC(=O)OC(C)(C)C)C4)c(-c4ncc(C)s4)cnc32)cc1. The Morgan fingerprint density at radius 1 is 1.05 bits per heavy atom. The summed E-state index contributed by atoms with van der Waals surface area (Å²) in [4.78, 5) is 22.5. The molecule has 1 fully saturated rings. The number of pyridine rings is 1. The van der Waals surface area contributed by atoms with Crippen LogP contribution in [0.25, 0.3) is 21.6 Å². The van der Waals surface area contributed by atoms with Gasteiger partial charge in [-0.1, -0.05) is 17.7 Å². The van der Waals surface area contributed by atoms with Crippen molar-refractivity contribution in [2.75, 3.05) is 5.32 Å². The number of carbonyl (C=O) groups excluding carboxylic acids is 1. The third-order valence-electron chi connectivity index (χ3n) is 6.32. The van der Waals surface area contributed by atoms with E-state index in [0.717, 1.165) is 26.7 Å². The molecule has 4 aromatic rings. The van der Waals surface area contributed by atoms with Gasteiger partial charge in [-0.05, 0) is 65.7 Å². The first kappa shape index (κ1) is 26.2. The van der Waals surface area contributed by atoms with E-state index in [9.17, 15) is 13.2 Å². The van der Waals surface area contributed by atoms with Crippen molar-refractivity contribution in [1.82, 2.24) is 19.3 Å². The fraction of sp³-hybridized carbons (Fsp3) is 0.370. The van der Waals surface area contributed by atoms with Crippen LogP contribution in [0.1, 0.15) is 44.1 Å². The molecule has 0 radical (unpaired) electrons. The van der Waals surface area contributed by atoms with E-state index in [1.807, 2.05) is 40.8 Å². The summed E-state index contributed by atoms with van der Waals surface area (Å²) in [5.74, 6) is 0. The highest BCUT2D eigenvalue weighted by Crippen LogP contribution is 2.39. The normalized spacial score (nSPS) is 17.7. The zero-order chi connectivity index (χ0) is 27.2. The van der Waals surface area contributed by atoms with Crippen LogP contribution in [0.2, 0.25) is 0 Å². The number of hydrogen-bond acceptors (Lipinski definition) is 8. The molecule has 11 heteroatoms. The van der Waals surface area contributed by atoms with Crippen molar-refractivity contribution in [2.45, 2.75) is 70.0 Å². The second-order valence-electron chi connectivity index (χ2n) is 10.6. The van der Waals surface area contributed by atoms with Gasteiger partial charge in [0.2, 0.25) is 0 Å². The highest BCUT2D eigenvalue weighted by Gasteiger charge is 2.33. The van der Waals surface area contributed by atoms with Gasteiger partial charge in [-0.3, -0.25) is 0 Å². The van der Waals surface area contributed by atoms with Gasteiger partial charge in [0.1, 0.15) is 10.6 Å². The van der Waals surface area contributed by atoms with Crippen LogP contribution in [0.3, 0.4) is 0 Å². The molecule has 3 aromatic heterocycles. The first-order chi connectivity index (χ1) is 17.9. The van der Waals surface area contributed by atoms with Crippen LogP contribution in [-0.2, 0) is 14.8 Å². The molecule has 200 valence electrons. The lowest BCUT2D eigenvalue weighted by atomic mass is 9.86. The van der Waals surface area contributed by atoms with Crippen LogP contribution in [0, 0.1) is 13.8 Å². The fourth-order valence-electron chi connectivity index (χ4n) is 4.41. The lowest BCUT2D eigenvalue weighted by molar-refractivity contribution is 0.0475. The third-order valence-corrected chi connectivity index (χ3v) is 8.94. The van der Waals surface area contributed by atoms with Crippen LogP contribution in [-0.4, -0.2) is 46.1 Å². The lowest BCUT2D eigenvalue weighted by Gasteiger charge is -2.37. The predicted molar refractivity (Wildman–Crippen MR) is 149 cm³/mol. The number of aryl methyl sites for hydroxylation is 2. The van der Waals surface area contributed by atoms with E-state index in [-0.39, 0.29) is 17.0 Å². The predicted octanol–water partition coefficient (Wildman–Crippen LogP) is 5.48. The van der Waals surface area contributed by atoms with Crippen LogP contribution >= 0.6 is 11.3 Å². The number of aromatic nitrogens is 3. The Morgan fingerprint density at radius 3 is 2.39 bits per heavy atom. The number of thiazole rings is 1. The van der Waals surface area contributed by atoms with E-state index >= 15 is 0 Å². The number of benzene rings is 1. The van der Waals surface area contributed by atoms with Crippen molar-refractivity contribution in [2.24, 2.45) is 0 Å². The van der Waals surface area contributed by atoms with Crippen molar-refractivity contribution in [3.05, 3.63) is 59.4 Å². The van der Waals surface area contributed by atoms with Crippen LogP contribution in [0.4, 0.5) is 10.5 Å². The summed E-state index contributed by atoms with van der Waals surface area (Å²) in [5.41, 5.74) is 2.36. The Balaban J connectivity index is 1.46. The summed E-state index contributed by atoms with van der Waals surface area (Å²) in [6.45, 7) is 9.40. The second kappa shape index (κ2) is 9.70. The number of rotatable bonds is 6. The Morgan fingerprint density at radius 2 is 1.76 bits per heavy atom. The monoisotopic (exact) mass is 553 g/mol. The topological polar surface area (TPSA) is 115 Å². The number of ether oxygens (including phenoxy) is 1. The zero-order valence-corrected chi connectivity index (χ0v) is 23.6. The first-order valence-electron chi connectivity index (χ1n) is 12.4. The molecule has 1 aliphatic carbocycles. The summed E-state index contributed by atoms with van der Waals surface area (Å²) in [5, 5.41) is 7.99. The highest BCUT2D eigenvalue weighted by molar-refractivity contribution is 7.90. The number of fused-ring (bicyclic) bond motifs is 1. The molecule has 0 aliphatic heterocycles. The maximum absolute atomic E-state index is 13.5. The quantitative estimate of drug-likeness (QED) is 0.325. The summed E-state index contributed by atoms with van der Waals surface area (Å²) < 4.78 is 33.5. The smallest absolute Gasteiger partial charge is 0.407 e. The Hall–Kier alpha value is -3.44. The van der Waals surface area contributed by atoms with E-state index in [1.165, 1.54) is 3.97 Å². The molecule has 9 nitrogen and oxygen atoms in total. The number of alkyl carbamates (subject to hydrolysis) is 1. The lowest BCUT2D eigenvalue weighted by Crippen LogP contribution is -2.50. The van der Waals surface area contributed by atoms with E-state index < -0.39 is 21.7 Å². The number of amides is 1. The molecular formula is C27H31N5O4S2. The third kappa shape index (κ3) is 5.25. The molecule has 0 unspecified atom stereocenters. The molecule has 1 amide bonds. The molecule has 5 rings (SSSR count). The minimum atomic E-state index is -3.83. The molecule has 38 heavy (non-hydrogen) atoms. The summed E-state index contributed by atoms with van der Waals surface area (Å²) in [6, 6.07) is 8.62. The van der Waals surface area contributed by atoms with Crippen LogP contribution in [0.15, 0.2) is 53.8 Å². The molecule has 2 N–H and O–H groups in total. The molecule has 3 heterocycles. The molecular weight excluding hydrogens is 522 g/mol. The Kier molecular flexibility index (Phi) is 6.68. The first-order valence-corrected chi connectivity index (χ1v) is 14.7. The van der Waals surface area contributed by atoms with Crippen molar-refractivity contribution in [1.29, 1.82) is 0 Å². The summed E-state index contributed by atoms with van der Waals surface area (Å²) in [7, 11) is -3.83. The number of hydrogen-bond donors (Lipinski definition) is 2. The minimum absolute atomic E-state index is 0.00301. The molecule has 1 saturated carbocycles. The minimum Gasteiger partial charge on any atom is -0.444 e. The van der Waals surface area contributed by atoms with Gasteiger partial charge >= 0.3 is 6.09 Å². The van der Waals surface area contributed by atoms with E-state index in [2.05, 4.69) is 20.6 Å². The van der Waals surface area contributed by atoms with E-state index in [0.29, 0.717) is 23.9 Å². The van der Waals surface area contributed by atoms with Crippen LogP contribution < -0.4 is 10.6 Å². The van der Waals surface area contributed by atoms with Gasteiger partial charge in [-0.15, -0.1) is 11.3 Å². The van der Waals surface area contributed by atoms with Gasteiger partial charge in [-0.2, -0.15) is 0 Å². The fourth-order valence-corrected chi connectivity index (χ4v) is 6.49. The average molecular weight is 554 g/mol. The van der Waals surface area contributed by atoms with Crippen LogP contribution in [0.5, 0.6) is 0 Å². The summed E-state index contributed by atoms with van der Waals surface area (Å²) in [6.07, 6.45) is 6.03. The van der Waals surface area contributed by atoms with Gasteiger partial charge in [-0.25, -0.2) is 27.2 Å². The Bertz CT molecular complexity index is 1590. The van der Waals surface area contributed by atoms with Crippen molar-refractivity contribution in [3.63, 3.8) is 0 Å². The number of anilines is 1. The molecule has 1 aliphatic rings. The zero-order valence-electron chi connectivity index (χ0n) is 22.0. The molecule has 0 spiro atoms. The van der Waals surface area contributed by atoms with Gasteiger partial charge in [0, 0.05) is 40.9 Å². The van der Waals surface area contributed by atoms with Crippen molar-refractivity contribution in [3.8, 4) is 10.6 Å². The van der Waals surface area contributed by atoms with Gasteiger partial charge in [0.05, 0.1) is 16.1 Å². The molecule has 0 saturated heterocycles. The van der Waals surface area contributed by atoms with Crippen molar-refractivity contribution < 1.29 is 17.9 Å². The van der Waals surface area contributed by atoms with Gasteiger partial charge < -0.3 is 15.4 Å². The Labute approximate surface area is 226 Å². The standard InChI is InChI=1S/C27H31N5O4S2/c1-16-6-8-20(9-7-16)38(34,35)32-11-10-21-23(22(15-28-24(21)32)25-29-14-17(2)37-25)30-18-12-19(13-18)31-26(33)36-27(3,4)5/h6-11,14-15,18-19H,12-13H2,1-5H3,(H,28,30)(H,31,33). The molecule has 1 aromatic carbocycles. The largest absolute Gasteiger partial charge is 0.444 e. The van der Waals surface area contributed by atoms with Gasteiger partial charge in [0.25, 0.3) is 10.0 Å². The number of nitrogens with one attached hydrogen (secondary N) is 2. The maximum Gasteiger partial charge on any atom is 0.407 e. The van der Waals surface area contributed by atoms with E-state index in [4.69, 9.17) is 4.74 Å². The second-order valence-corrected chi connectivity index (χ2v) is 13.7. The number of carbonyl (C=O) groups is 1. The van der Waals surface area contributed by atoms with Gasteiger partial charge in [0.15, 0.2) is 5.65 Å². The average Bonchev–Trinajstić information content (AvgIpc) is 3.43. The maximum atomic E-state index is 13.5. The highest BCUT2D eigenvalue weighted by atomic mass is 32.2. The number of nitrogens with zero attached hydrogens (tertiary/aromatic N) is 3. The van der Waals surface area contributed by atoms with Crippen molar-refractivity contribution >= 4 is 44.2 Å². The molecule has 0 atom stereocenters. The summed E-state index contributed by atoms with van der Waals surface area (Å²) >= 11 is 1.55. The van der Waals surface area contributed by atoms with E-state index in [1.54, 1.807) is 54.1 Å².